The molecule has 0 saturated heterocycles. The summed E-state index contributed by atoms with van der Waals surface area (Å²) in [6.45, 7) is 2.44. The second-order valence-corrected chi connectivity index (χ2v) is 8.12. The molecule has 2 aromatic carbocycles. The van der Waals surface area contributed by atoms with E-state index in [4.69, 9.17) is 11.6 Å². The maximum atomic E-state index is 13.1. The van der Waals surface area contributed by atoms with Crippen molar-refractivity contribution in [2.75, 3.05) is 22.5 Å². The summed E-state index contributed by atoms with van der Waals surface area (Å²) in [7, 11) is 0. The van der Waals surface area contributed by atoms with E-state index in [2.05, 4.69) is 36.2 Å². The van der Waals surface area contributed by atoms with E-state index in [1.807, 2.05) is 6.92 Å². The Labute approximate surface area is 213 Å². The van der Waals surface area contributed by atoms with Gasteiger partial charge >= 0.3 is 18.2 Å². The molecule has 0 bridgehead atoms. The number of halogens is 4. The van der Waals surface area contributed by atoms with E-state index in [0.717, 1.165) is 18.6 Å². The van der Waals surface area contributed by atoms with Gasteiger partial charge < -0.3 is 16.0 Å². The lowest BCUT2D eigenvalue weighted by atomic mass is 10.2. The van der Waals surface area contributed by atoms with Crippen LogP contribution >= 0.6 is 11.6 Å². The molecule has 0 atom stereocenters. The fraction of sp³-hybridized carbons (Fsp3) is 0.174. The van der Waals surface area contributed by atoms with Crippen molar-refractivity contribution in [3.63, 3.8) is 0 Å². The van der Waals surface area contributed by atoms with Crippen molar-refractivity contribution in [1.82, 2.24) is 24.8 Å². The minimum Gasteiger partial charge on any atom is -0.338 e. The van der Waals surface area contributed by atoms with Crippen LogP contribution in [0.3, 0.4) is 0 Å². The highest BCUT2D eigenvalue weighted by Gasteiger charge is 2.33. The number of hydrogen-bond donors (Lipinski definition) is 4. The molecule has 4 aromatic rings. The maximum Gasteiger partial charge on any atom is 0.417 e. The molecule has 4 amide bonds. The van der Waals surface area contributed by atoms with E-state index in [1.165, 1.54) is 18.7 Å². The van der Waals surface area contributed by atoms with E-state index in [-0.39, 0.29) is 11.5 Å². The molecule has 10 nitrogen and oxygen atoms in total. The summed E-state index contributed by atoms with van der Waals surface area (Å²) in [4.78, 5) is 37.0. The molecule has 2 heterocycles. The van der Waals surface area contributed by atoms with E-state index >= 15 is 0 Å². The number of benzene rings is 2. The topological polar surface area (TPSA) is 126 Å². The maximum absolute atomic E-state index is 13.1. The van der Waals surface area contributed by atoms with Crippen LogP contribution in [0, 0.1) is 0 Å². The van der Waals surface area contributed by atoms with Crippen molar-refractivity contribution in [3.05, 3.63) is 65.7 Å². The van der Waals surface area contributed by atoms with Gasteiger partial charge in [0.25, 0.3) is 0 Å². The van der Waals surface area contributed by atoms with Gasteiger partial charge in [-0.1, -0.05) is 18.5 Å². The molecule has 4 rings (SSSR count). The molecule has 0 saturated carbocycles. The molecule has 0 unspecified atom stereocenters. The molecule has 192 valence electrons. The van der Waals surface area contributed by atoms with Crippen molar-refractivity contribution < 1.29 is 22.8 Å². The Hall–Kier alpha value is -4.39. The fourth-order valence-corrected chi connectivity index (χ4v) is 3.58. The Bertz CT molecular complexity index is 1440. The van der Waals surface area contributed by atoms with E-state index in [9.17, 15) is 22.8 Å². The molecule has 0 spiro atoms. The van der Waals surface area contributed by atoms with E-state index in [0.29, 0.717) is 29.1 Å². The largest absolute Gasteiger partial charge is 0.417 e. The zero-order valence-corrected chi connectivity index (χ0v) is 20.0. The quantitative estimate of drug-likeness (QED) is 0.255. The first-order valence-electron chi connectivity index (χ1n) is 10.9. The molecular weight excluding hydrogens is 513 g/mol. The third-order valence-corrected chi connectivity index (χ3v) is 5.37. The predicted octanol–water partition coefficient (Wildman–Crippen LogP) is 5.66. The van der Waals surface area contributed by atoms with Crippen LogP contribution in [-0.2, 0) is 6.18 Å². The van der Waals surface area contributed by atoms with Gasteiger partial charge in [-0.25, -0.2) is 24.5 Å². The van der Waals surface area contributed by atoms with Crippen LogP contribution in [0.25, 0.3) is 16.9 Å². The van der Waals surface area contributed by atoms with E-state index in [1.54, 1.807) is 28.8 Å². The van der Waals surface area contributed by atoms with Crippen molar-refractivity contribution in [2.45, 2.75) is 19.5 Å². The van der Waals surface area contributed by atoms with Gasteiger partial charge in [-0.15, -0.1) is 0 Å². The lowest BCUT2D eigenvalue weighted by Crippen LogP contribution is -2.29. The van der Waals surface area contributed by atoms with Crippen LogP contribution in [-0.4, -0.2) is 38.1 Å². The Morgan fingerprint density at radius 2 is 1.65 bits per heavy atom. The summed E-state index contributed by atoms with van der Waals surface area (Å²) < 4.78 is 40.8. The van der Waals surface area contributed by atoms with Crippen molar-refractivity contribution in [3.8, 4) is 5.69 Å². The summed E-state index contributed by atoms with van der Waals surface area (Å²) >= 11 is 5.61. The molecular formula is C23H20ClF3N8O2. The minimum atomic E-state index is -4.65. The smallest absolute Gasteiger partial charge is 0.338 e. The Morgan fingerprint density at radius 1 is 0.946 bits per heavy atom. The Morgan fingerprint density at radius 3 is 2.35 bits per heavy atom. The van der Waals surface area contributed by atoms with Crippen LogP contribution in [0.1, 0.15) is 18.9 Å². The minimum absolute atomic E-state index is 0.0706. The van der Waals surface area contributed by atoms with Gasteiger partial charge in [0.15, 0.2) is 11.5 Å². The number of imidazole rings is 1. The average Bonchev–Trinajstić information content (AvgIpc) is 3.29. The summed E-state index contributed by atoms with van der Waals surface area (Å²) in [5.74, 6) is 0.263. The van der Waals surface area contributed by atoms with Gasteiger partial charge in [-0.2, -0.15) is 13.2 Å². The number of aromatic nitrogens is 4. The summed E-state index contributed by atoms with van der Waals surface area (Å²) in [6, 6.07) is 8.46. The van der Waals surface area contributed by atoms with Gasteiger partial charge in [0, 0.05) is 23.6 Å². The first-order valence-corrected chi connectivity index (χ1v) is 11.3. The summed E-state index contributed by atoms with van der Waals surface area (Å²) in [5, 5.41) is 9.83. The SMILES string of the molecule is CCCNC(=O)Nc1ncnc2ncn(-c3ccc(NC(=O)Nc4ccc(Cl)c(C(F)(F)F)c4)cc3)c12. The first-order chi connectivity index (χ1) is 17.7. The number of fused-ring (bicyclic) bond motifs is 1. The molecule has 0 radical (unpaired) electrons. The third-order valence-electron chi connectivity index (χ3n) is 5.04. The Balaban J connectivity index is 1.49. The number of carbonyl (C=O) groups is 2. The number of rotatable bonds is 6. The monoisotopic (exact) mass is 532 g/mol. The number of nitrogens with zero attached hydrogens (tertiary/aromatic N) is 4. The molecule has 0 aliphatic carbocycles. The van der Waals surface area contributed by atoms with Crippen molar-refractivity contribution >= 4 is 52.0 Å². The van der Waals surface area contributed by atoms with Crippen LogP contribution < -0.4 is 21.3 Å². The molecule has 0 fully saturated rings. The highest BCUT2D eigenvalue weighted by atomic mass is 35.5. The fourth-order valence-electron chi connectivity index (χ4n) is 3.35. The second kappa shape index (κ2) is 10.7. The van der Waals surface area contributed by atoms with Gasteiger partial charge in [0.1, 0.15) is 18.2 Å². The lowest BCUT2D eigenvalue weighted by Gasteiger charge is -2.13. The third kappa shape index (κ3) is 6.06. The molecule has 0 aliphatic heterocycles. The zero-order chi connectivity index (χ0) is 26.6. The molecule has 4 N–H and O–H groups in total. The van der Waals surface area contributed by atoms with E-state index < -0.39 is 28.8 Å². The van der Waals surface area contributed by atoms with Crippen LogP contribution in [0.15, 0.2) is 55.1 Å². The average molecular weight is 533 g/mol. The predicted molar refractivity (Wildman–Crippen MR) is 133 cm³/mol. The second-order valence-electron chi connectivity index (χ2n) is 7.71. The standard InChI is InChI=1S/C23H20ClF3N8O2/c1-2-9-28-21(36)34-20-18-19(29-11-30-20)31-12-35(18)15-6-3-13(4-7-15)32-22(37)33-14-5-8-17(24)16(10-14)23(25,26)27/h3-8,10-12H,2,9H2,1H3,(H2,32,33,37)(H2,28,29,30,34,36). The number of hydrogen-bond acceptors (Lipinski definition) is 5. The number of nitrogens with one attached hydrogen (secondary N) is 4. The van der Waals surface area contributed by atoms with Gasteiger partial charge in [-0.3, -0.25) is 9.88 Å². The Kier molecular flexibility index (Phi) is 7.43. The van der Waals surface area contributed by atoms with Crippen LogP contribution in [0.2, 0.25) is 5.02 Å². The molecule has 14 heteroatoms. The number of carbonyl (C=O) groups excluding carboxylic acids is 2. The molecule has 37 heavy (non-hydrogen) atoms. The van der Waals surface area contributed by atoms with Crippen LogP contribution in [0.5, 0.6) is 0 Å². The lowest BCUT2D eigenvalue weighted by molar-refractivity contribution is -0.137. The van der Waals surface area contributed by atoms with Crippen molar-refractivity contribution in [2.24, 2.45) is 0 Å². The number of anilines is 3. The van der Waals surface area contributed by atoms with Crippen LogP contribution in [0.4, 0.5) is 40.0 Å². The summed E-state index contributed by atoms with van der Waals surface area (Å²) in [5.41, 5.74) is 0.722. The van der Waals surface area contributed by atoms with Gasteiger partial charge in [-0.05, 0) is 48.9 Å². The number of urea groups is 2. The number of alkyl halides is 3. The normalized spacial score (nSPS) is 11.3. The van der Waals surface area contributed by atoms with Gasteiger partial charge in [0.05, 0.1) is 10.6 Å². The highest BCUT2D eigenvalue weighted by Crippen LogP contribution is 2.36. The summed E-state index contributed by atoms with van der Waals surface area (Å²) in [6.07, 6.45) is -1.07. The molecule has 2 aromatic heterocycles. The van der Waals surface area contributed by atoms with Gasteiger partial charge in [0.2, 0.25) is 0 Å². The van der Waals surface area contributed by atoms with Crippen molar-refractivity contribution in [1.29, 1.82) is 0 Å². The number of amides is 4. The zero-order valence-electron chi connectivity index (χ0n) is 19.2. The first kappa shape index (κ1) is 25.7. The molecule has 0 aliphatic rings. The highest BCUT2D eigenvalue weighted by molar-refractivity contribution is 6.31.